The van der Waals surface area contributed by atoms with Crippen LogP contribution in [0.25, 0.3) is 0 Å². The monoisotopic (exact) mass is 1900 g/mol. The molecular weight excluding hydrogens is 1760 g/mol. The van der Waals surface area contributed by atoms with Gasteiger partial charge in [-0.1, -0.05) is 92.1 Å². The van der Waals surface area contributed by atoms with Crippen molar-refractivity contribution in [1.82, 2.24) is 90.0 Å². The molecule has 2 rings (SSSR count). The number of carboxylic acids is 5. The van der Waals surface area contributed by atoms with E-state index in [0.29, 0.717) is 18.4 Å². The Morgan fingerprint density at radius 1 is 0.418 bits per heavy atom. The molecule has 1 fully saturated rings. The quantitative estimate of drug-likeness (QED) is 0.0165. The molecule has 17 atom stereocenters. The minimum atomic E-state index is -1.90. The summed E-state index contributed by atoms with van der Waals surface area (Å²) in [6, 6.07) is -15.0. The predicted molar refractivity (Wildman–Crippen MR) is 482 cm³/mol. The van der Waals surface area contributed by atoms with Crippen molar-refractivity contribution in [3.8, 4) is 0 Å². The second-order valence-corrected chi connectivity index (χ2v) is 34.4. The molecule has 1 aliphatic heterocycles. The zero-order valence-corrected chi connectivity index (χ0v) is 77.6. The SMILES string of the molecule is CC[C@H](C)[C@H](NC(=O)[C@H](C)NC(=O)[C@H](CCCNC(=N)N)NC(=O)[C@H](CC(C)C)NC(=O)[C@H](CC(C)C)NC(=O)[C@H](CCCNC(=N)N)NC(=O)[C@H](CCC(=O)O)NC(=O)[C@H](CCC(=O)O)NC(=O)[C@@H]1CCCN1C(=O)[C@@H](NC(=O)[C@H](CC(C)C)NC(=O)[C@@H](N)CCC(=O)O)[C@@H](C)O)C(=O)N[C@@H](Cc1ccccc1)C(=O)NCC(=O)N[C@@H](CCC(=O)O)C(=O)N[C@@H](CCCCN)C(=O)O. The van der Waals surface area contributed by atoms with E-state index in [1.807, 2.05) is 0 Å². The third kappa shape index (κ3) is 45.4. The van der Waals surface area contributed by atoms with Crippen LogP contribution in [-0.2, 0) is 102 Å². The van der Waals surface area contributed by atoms with E-state index in [1.54, 1.807) is 85.7 Å². The number of hydrogen-bond donors (Lipinski definition) is 28. The largest absolute Gasteiger partial charge is 0.481 e. The molecule has 0 aliphatic carbocycles. The van der Waals surface area contributed by atoms with Crippen LogP contribution in [0.2, 0.25) is 0 Å². The van der Waals surface area contributed by atoms with Crippen LogP contribution >= 0.6 is 0 Å². The van der Waals surface area contributed by atoms with Crippen LogP contribution in [0.1, 0.15) is 210 Å². The Bertz CT molecular complexity index is 4160. The Morgan fingerprint density at radius 3 is 1.22 bits per heavy atom. The van der Waals surface area contributed by atoms with Gasteiger partial charge in [-0.25, -0.2) is 4.79 Å². The summed E-state index contributed by atoms with van der Waals surface area (Å²) in [5.74, 6) is -24.7. The van der Waals surface area contributed by atoms with Crippen LogP contribution in [0.4, 0.5) is 0 Å². The maximum atomic E-state index is 14.8. The lowest BCUT2D eigenvalue weighted by Gasteiger charge is -2.32. The van der Waals surface area contributed by atoms with E-state index in [9.17, 15) is 121 Å². The van der Waals surface area contributed by atoms with Crippen molar-refractivity contribution in [2.75, 3.05) is 32.7 Å². The first-order valence-corrected chi connectivity index (χ1v) is 44.9. The van der Waals surface area contributed by atoms with Crippen LogP contribution in [0.5, 0.6) is 0 Å². The van der Waals surface area contributed by atoms with Crippen LogP contribution in [-0.4, -0.2) is 295 Å². The summed E-state index contributed by atoms with van der Waals surface area (Å²) in [4.78, 5) is 273. The molecule has 49 nitrogen and oxygen atoms in total. The Labute approximate surface area is 777 Å². The molecule has 32 N–H and O–H groups in total. The number of rotatable bonds is 65. The second-order valence-electron chi connectivity index (χ2n) is 34.4. The molecule has 49 heteroatoms. The van der Waals surface area contributed by atoms with Gasteiger partial charge in [0, 0.05) is 51.7 Å². The van der Waals surface area contributed by atoms with Crippen molar-refractivity contribution < 1.29 is 127 Å². The number of nitrogens with zero attached hydrogens (tertiary/aromatic N) is 1. The van der Waals surface area contributed by atoms with Crippen molar-refractivity contribution in [3.63, 3.8) is 0 Å². The average molecular weight is 1900 g/mol. The molecule has 0 spiro atoms. The van der Waals surface area contributed by atoms with E-state index < -0.39 is 290 Å². The molecule has 1 aromatic rings. The summed E-state index contributed by atoms with van der Waals surface area (Å²) in [7, 11) is 0. The summed E-state index contributed by atoms with van der Waals surface area (Å²) in [5, 5.41) is 114. The zero-order chi connectivity index (χ0) is 101. The number of unbranched alkanes of at least 4 members (excludes halogenated alkanes) is 1. The van der Waals surface area contributed by atoms with Gasteiger partial charge in [-0.15, -0.1) is 0 Å². The maximum Gasteiger partial charge on any atom is 0.326 e. The maximum absolute atomic E-state index is 14.8. The third-order valence-electron chi connectivity index (χ3n) is 21.5. The summed E-state index contributed by atoms with van der Waals surface area (Å²) in [6.45, 7) is 15.1. The summed E-state index contributed by atoms with van der Waals surface area (Å²) in [5.41, 5.74) is 23.0. The van der Waals surface area contributed by atoms with Gasteiger partial charge in [0.15, 0.2) is 11.9 Å². The van der Waals surface area contributed by atoms with E-state index in [2.05, 4.69) is 85.1 Å². The van der Waals surface area contributed by atoms with Gasteiger partial charge in [0.2, 0.25) is 88.6 Å². The zero-order valence-electron chi connectivity index (χ0n) is 77.6. The van der Waals surface area contributed by atoms with Gasteiger partial charge in [0.1, 0.15) is 84.6 Å². The number of aliphatic hydroxyl groups is 1. The van der Waals surface area contributed by atoms with Crippen molar-refractivity contribution in [1.29, 1.82) is 10.8 Å². The lowest BCUT2D eigenvalue weighted by molar-refractivity contribution is -0.145. The second kappa shape index (κ2) is 61.0. The molecule has 0 aromatic heterocycles. The van der Waals surface area contributed by atoms with Gasteiger partial charge < -0.3 is 144 Å². The third-order valence-corrected chi connectivity index (χ3v) is 21.5. The molecule has 0 bridgehead atoms. The first-order chi connectivity index (χ1) is 62.9. The number of carboxylic acid groups (broad SMARTS) is 5. The normalized spacial score (nSPS) is 15.9. The molecule has 0 radical (unpaired) electrons. The molecule has 752 valence electrons. The predicted octanol–water partition coefficient (Wildman–Crippen LogP) is -5.25. The van der Waals surface area contributed by atoms with Crippen molar-refractivity contribution in [3.05, 3.63) is 35.9 Å². The Morgan fingerprint density at radius 2 is 0.799 bits per heavy atom. The van der Waals surface area contributed by atoms with E-state index in [4.69, 9.17) is 38.9 Å². The number of nitrogens with two attached hydrogens (primary N) is 4. The van der Waals surface area contributed by atoms with E-state index >= 15 is 0 Å². The summed E-state index contributed by atoms with van der Waals surface area (Å²) < 4.78 is 0. The van der Waals surface area contributed by atoms with E-state index in [1.165, 1.54) is 6.92 Å². The highest BCUT2D eigenvalue weighted by Gasteiger charge is 2.44. The number of guanidine groups is 2. The highest BCUT2D eigenvalue weighted by molar-refractivity contribution is 6.01. The van der Waals surface area contributed by atoms with E-state index in [-0.39, 0.29) is 121 Å². The van der Waals surface area contributed by atoms with Crippen LogP contribution in [0.3, 0.4) is 0 Å². The number of aliphatic carboxylic acids is 5. The van der Waals surface area contributed by atoms with Gasteiger partial charge in [0.05, 0.1) is 18.7 Å². The Kier molecular flexibility index (Phi) is 53.3. The molecule has 0 unspecified atom stereocenters. The topological polar surface area (TPSA) is 810 Å². The Balaban J connectivity index is 2.56. The minimum Gasteiger partial charge on any atom is -0.481 e. The number of amides is 15. The fraction of sp³-hybridized carbons (Fsp3) is 0.671. The van der Waals surface area contributed by atoms with Crippen LogP contribution < -0.4 is 108 Å². The molecule has 134 heavy (non-hydrogen) atoms. The molecule has 1 aliphatic rings. The highest BCUT2D eigenvalue weighted by Crippen LogP contribution is 2.22. The number of hydrogen-bond acceptors (Lipinski definition) is 25. The number of carbonyl (C=O) groups is 20. The fourth-order valence-corrected chi connectivity index (χ4v) is 14.0. The number of nitrogens with one attached hydrogen (secondary N) is 18. The Hall–Kier alpha value is -13.0. The highest BCUT2D eigenvalue weighted by atomic mass is 16.4. The lowest BCUT2D eigenvalue weighted by atomic mass is 9.96. The van der Waals surface area contributed by atoms with E-state index in [0.717, 1.165) is 11.8 Å². The number of benzene rings is 1. The molecule has 15 amide bonds. The van der Waals surface area contributed by atoms with Gasteiger partial charge in [-0.05, 0) is 152 Å². The standard InChI is InChI=1S/C85H141N23O26/c1-11-46(8)67(81(131)105-60(41-49-20-13-12-14-21-49)71(121)94-42-62(110)96-53(27-31-64(113)114)74(124)101-56(83(133)134)22-15-16-34-86)106-69(119)47(9)95-72(122)51(23-17-35-92-84(88)89)98-77(127)57(38-43(2)3)104-78(128)58(39-44(4)5)103-73(123)52(24-18-36-93-85(90)91)97-75(125)54(28-32-65(115)116)99-76(126)55(29-33-66(117)118)100-80(130)61-25-19-37-108(61)82(132)68(48(10)109)107-79(129)59(40-45(6)7)102-70(120)50(87)26-30-63(111)112/h12-14,20-21,43-48,50-61,67-68,109H,11,15-19,22-42,86-87H2,1-10H3,(H,94,121)(H,95,122)(H,96,110)(H,97,125)(H,98,127)(H,99,126)(H,100,130)(H,101,124)(H,102,120)(H,103,123)(H,104,128)(H,105,131)(H,106,119)(H,107,129)(H,111,112)(H,113,114)(H,115,116)(H,117,118)(H,133,134)(H4,88,89,92)(H4,90,91,93)/t46-,47-,48+,50-,51-,52-,53-,54-,55-,56-,57-,58-,59-,60-,61-,67-,68-/m0/s1. The molecular formula is C85H141N23O26. The first kappa shape index (κ1) is 117. The molecule has 0 saturated carbocycles. The number of likely N-dealkylation sites (tertiary alicyclic amines) is 1. The number of aliphatic hydroxyl groups excluding tert-OH is 1. The van der Waals surface area contributed by atoms with Crippen LogP contribution in [0.15, 0.2) is 30.3 Å². The lowest BCUT2D eigenvalue weighted by Crippen LogP contribution is -2.61. The van der Waals surface area contributed by atoms with Gasteiger partial charge in [-0.3, -0.25) is 102 Å². The minimum absolute atomic E-state index is 0.0175. The summed E-state index contributed by atoms with van der Waals surface area (Å²) >= 11 is 0. The van der Waals surface area contributed by atoms with Crippen molar-refractivity contribution >= 4 is 130 Å². The van der Waals surface area contributed by atoms with Gasteiger partial charge in [-0.2, -0.15) is 0 Å². The number of carbonyl (C=O) groups excluding carboxylic acids is 15. The smallest absolute Gasteiger partial charge is 0.326 e. The van der Waals surface area contributed by atoms with Gasteiger partial charge in [0.25, 0.3) is 0 Å². The first-order valence-electron chi connectivity index (χ1n) is 44.9. The fourth-order valence-electron chi connectivity index (χ4n) is 14.0. The summed E-state index contributed by atoms with van der Waals surface area (Å²) in [6.07, 6.45) is -6.52. The van der Waals surface area contributed by atoms with Gasteiger partial charge >= 0.3 is 29.8 Å². The van der Waals surface area contributed by atoms with Crippen molar-refractivity contribution in [2.45, 2.75) is 307 Å². The average Bonchev–Trinajstić information content (AvgIpc) is 1.64. The molecule has 1 aromatic carbocycles. The molecule has 1 heterocycles. The molecule has 1 saturated heterocycles. The van der Waals surface area contributed by atoms with Crippen molar-refractivity contribution in [2.24, 2.45) is 46.6 Å². The van der Waals surface area contributed by atoms with Crippen LogP contribution in [0, 0.1) is 34.5 Å².